The predicted octanol–water partition coefficient (Wildman–Crippen LogP) is 4.51. The Labute approximate surface area is 163 Å². The summed E-state index contributed by atoms with van der Waals surface area (Å²) in [6, 6.07) is 15.1. The van der Waals surface area contributed by atoms with Gasteiger partial charge in [-0.15, -0.1) is 0 Å². The van der Waals surface area contributed by atoms with Crippen LogP contribution in [0.5, 0.6) is 0 Å². The molecular weight excluding hydrogens is 389 g/mol. The molecule has 0 unspecified atom stereocenters. The van der Waals surface area contributed by atoms with Gasteiger partial charge in [0.25, 0.3) is 5.91 Å². The molecule has 0 fully saturated rings. The number of nitrogens with one attached hydrogen (secondary N) is 1. The van der Waals surface area contributed by atoms with Gasteiger partial charge in [0.2, 0.25) is 0 Å². The van der Waals surface area contributed by atoms with E-state index in [1.54, 1.807) is 12.1 Å². The van der Waals surface area contributed by atoms with Crippen LogP contribution in [0.25, 0.3) is 21.9 Å². The number of amides is 1. The highest BCUT2D eigenvalue weighted by molar-refractivity contribution is 6.42. The molecule has 1 aromatic heterocycles. The molecule has 1 N–H and O–H groups in total. The molecule has 0 radical (unpaired) electrons. The van der Waals surface area contributed by atoms with Crippen LogP contribution in [-0.4, -0.2) is 11.9 Å². The number of aromatic carboxylic acids is 1. The summed E-state index contributed by atoms with van der Waals surface area (Å²) in [4.78, 5) is 23.9. The summed E-state index contributed by atoms with van der Waals surface area (Å²) in [7, 11) is 0. The summed E-state index contributed by atoms with van der Waals surface area (Å²) < 4.78 is 5.78. The number of carbonyl (C=O) groups is 2. The SMILES string of the molecule is O=C([O-])c1cc(Cl)c(Cl)cc1C(=O)Nc1ccc2c(c1)oc1ccccc12. The van der Waals surface area contributed by atoms with E-state index in [1.807, 2.05) is 30.3 Å². The van der Waals surface area contributed by atoms with E-state index in [0.29, 0.717) is 11.3 Å². The van der Waals surface area contributed by atoms with E-state index >= 15 is 0 Å². The van der Waals surface area contributed by atoms with Gasteiger partial charge in [-0.05, 0) is 30.3 Å². The molecule has 0 bridgehead atoms. The van der Waals surface area contributed by atoms with E-state index in [-0.39, 0.29) is 21.2 Å². The largest absolute Gasteiger partial charge is 0.545 e. The quantitative estimate of drug-likeness (QED) is 0.550. The minimum absolute atomic E-state index is 0.0242. The Bertz CT molecular complexity index is 1230. The van der Waals surface area contributed by atoms with E-state index in [0.717, 1.165) is 22.4 Å². The summed E-state index contributed by atoms with van der Waals surface area (Å²) >= 11 is 11.8. The molecule has 0 saturated heterocycles. The van der Waals surface area contributed by atoms with Crippen LogP contribution < -0.4 is 10.4 Å². The van der Waals surface area contributed by atoms with Crippen molar-refractivity contribution in [3.05, 3.63) is 75.8 Å². The molecule has 0 aliphatic rings. The molecule has 27 heavy (non-hydrogen) atoms. The third-order valence-corrected chi connectivity index (χ3v) is 4.88. The van der Waals surface area contributed by atoms with Crippen LogP contribution in [0.2, 0.25) is 10.0 Å². The number of furan rings is 1. The Balaban J connectivity index is 1.72. The maximum atomic E-state index is 12.6. The van der Waals surface area contributed by atoms with Crippen molar-refractivity contribution in [2.75, 3.05) is 5.32 Å². The average Bonchev–Trinajstić information content (AvgIpc) is 3.01. The molecule has 7 heteroatoms. The van der Waals surface area contributed by atoms with Crippen LogP contribution >= 0.6 is 23.2 Å². The maximum Gasteiger partial charge on any atom is 0.256 e. The van der Waals surface area contributed by atoms with Crippen molar-refractivity contribution in [1.29, 1.82) is 0 Å². The second-order valence-corrected chi connectivity index (χ2v) is 6.68. The third-order valence-electron chi connectivity index (χ3n) is 4.16. The number of carboxylic acids is 1. The van der Waals surface area contributed by atoms with Crippen molar-refractivity contribution in [3.8, 4) is 0 Å². The lowest BCUT2D eigenvalue weighted by Gasteiger charge is -2.12. The third kappa shape index (κ3) is 3.12. The predicted molar refractivity (Wildman–Crippen MR) is 102 cm³/mol. The molecule has 4 aromatic rings. The van der Waals surface area contributed by atoms with Gasteiger partial charge in [-0.1, -0.05) is 41.4 Å². The lowest BCUT2D eigenvalue weighted by atomic mass is 10.1. The molecule has 0 spiro atoms. The molecule has 3 aromatic carbocycles. The van der Waals surface area contributed by atoms with Crippen molar-refractivity contribution in [2.24, 2.45) is 0 Å². The minimum Gasteiger partial charge on any atom is -0.545 e. The average molecular weight is 399 g/mol. The Morgan fingerprint density at radius 3 is 2.26 bits per heavy atom. The second-order valence-electron chi connectivity index (χ2n) is 5.86. The summed E-state index contributed by atoms with van der Waals surface area (Å²) in [5.74, 6) is -2.17. The van der Waals surface area contributed by atoms with Crippen molar-refractivity contribution < 1.29 is 19.1 Å². The molecule has 1 amide bonds. The number of hydrogen-bond donors (Lipinski definition) is 1. The van der Waals surface area contributed by atoms with E-state index in [1.165, 1.54) is 6.07 Å². The van der Waals surface area contributed by atoms with Gasteiger partial charge >= 0.3 is 0 Å². The summed E-state index contributed by atoms with van der Waals surface area (Å²) in [6.45, 7) is 0. The monoisotopic (exact) mass is 398 g/mol. The molecule has 4 rings (SSSR count). The maximum absolute atomic E-state index is 12.6. The van der Waals surface area contributed by atoms with Crippen LogP contribution in [0.4, 0.5) is 5.69 Å². The highest BCUT2D eigenvalue weighted by Crippen LogP contribution is 2.31. The van der Waals surface area contributed by atoms with Crippen molar-refractivity contribution in [2.45, 2.75) is 0 Å². The molecule has 0 aliphatic heterocycles. The fraction of sp³-hybridized carbons (Fsp3) is 0. The number of halogens is 2. The normalized spacial score (nSPS) is 11.0. The number of benzene rings is 3. The van der Waals surface area contributed by atoms with Gasteiger partial charge in [0.05, 0.1) is 21.6 Å². The highest BCUT2D eigenvalue weighted by atomic mass is 35.5. The van der Waals surface area contributed by atoms with E-state index in [2.05, 4.69) is 5.32 Å². The zero-order valence-corrected chi connectivity index (χ0v) is 15.1. The highest BCUT2D eigenvalue weighted by Gasteiger charge is 2.16. The van der Waals surface area contributed by atoms with Gasteiger partial charge in [0.1, 0.15) is 11.2 Å². The molecule has 0 saturated carbocycles. The molecule has 134 valence electrons. The van der Waals surface area contributed by atoms with Gasteiger partial charge in [-0.25, -0.2) is 0 Å². The topological polar surface area (TPSA) is 82.4 Å². The fourth-order valence-corrected chi connectivity index (χ4v) is 3.23. The molecule has 5 nitrogen and oxygen atoms in total. The van der Waals surface area contributed by atoms with E-state index in [9.17, 15) is 14.7 Å². The van der Waals surface area contributed by atoms with Crippen molar-refractivity contribution in [1.82, 2.24) is 0 Å². The lowest BCUT2D eigenvalue weighted by molar-refractivity contribution is -0.255. The van der Waals surface area contributed by atoms with Crippen molar-refractivity contribution >= 4 is 62.7 Å². The van der Waals surface area contributed by atoms with Gasteiger partial charge in [-0.2, -0.15) is 0 Å². The smallest absolute Gasteiger partial charge is 0.256 e. The number of rotatable bonds is 3. The van der Waals surface area contributed by atoms with Crippen LogP contribution in [0.3, 0.4) is 0 Å². The zero-order valence-electron chi connectivity index (χ0n) is 13.6. The van der Waals surface area contributed by atoms with E-state index in [4.69, 9.17) is 27.6 Å². The molecular formula is C20H10Cl2NO4-. The van der Waals surface area contributed by atoms with Crippen LogP contribution in [0.15, 0.2) is 59.0 Å². The lowest BCUT2D eigenvalue weighted by Crippen LogP contribution is -2.26. The fourth-order valence-electron chi connectivity index (χ4n) is 2.91. The first-order valence-electron chi connectivity index (χ1n) is 7.87. The first-order valence-corrected chi connectivity index (χ1v) is 8.62. The summed E-state index contributed by atoms with van der Waals surface area (Å²) in [6.07, 6.45) is 0. The van der Waals surface area contributed by atoms with Crippen LogP contribution in [0.1, 0.15) is 20.7 Å². The zero-order chi connectivity index (χ0) is 19.1. The van der Waals surface area contributed by atoms with Gasteiger partial charge in [0, 0.05) is 28.1 Å². The second kappa shape index (κ2) is 6.61. The first-order chi connectivity index (χ1) is 12.9. The number of para-hydroxylation sites is 1. The number of fused-ring (bicyclic) bond motifs is 3. The minimum atomic E-state index is -1.52. The van der Waals surface area contributed by atoms with Gasteiger partial charge in [-0.3, -0.25) is 4.79 Å². The Morgan fingerprint density at radius 2 is 1.52 bits per heavy atom. The Kier molecular flexibility index (Phi) is 4.26. The summed E-state index contributed by atoms with van der Waals surface area (Å²) in [5, 5.41) is 15.9. The Morgan fingerprint density at radius 1 is 0.852 bits per heavy atom. The molecule has 0 atom stereocenters. The van der Waals surface area contributed by atoms with Gasteiger partial charge < -0.3 is 19.6 Å². The van der Waals surface area contributed by atoms with Crippen molar-refractivity contribution in [3.63, 3.8) is 0 Å². The summed E-state index contributed by atoms with van der Waals surface area (Å²) in [5.41, 5.74) is 1.30. The van der Waals surface area contributed by atoms with Crippen LogP contribution in [0, 0.1) is 0 Å². The number of anilines is 1. The number of hydrogen-bond acceptors (Lipinski definition) is 4. The molecule has 1 heterocycles. The first kappa shape index (κ1) is 17.4. The Hall–Kier alpha value is -3.02. The molecule has 0 aliphatic carbocycles. The van der Waals surface area contributed by atoms with Crippen LogP contribution in [-0.2, 0) is 0 Å². The standard InChI is InChI=1S/C20H11Cl2NO4/c21-15-8-13(14(20(25)26)9-16(15)22)19(24)23-10-5-6-12-11-3-1-2-4-17(11)27-18(12)7-10/h1-9H,(H,23,24)(H,25,26)/p-1. The number of carboxylic acid groups (broad SMARTS) is 1. The number of carbonyl (C=O) groups excluding carboxylic acids is 2. The van der Waals surface area contributed by atoms with Gasteiger partial charge in [0.15, 0.2) is 0 Å². The van der Waals surface area contributed by atoms with E-state index < -0.39 is 11.9 Å².